The minimum absolute atomic E-state index is 0.0111. The van der Waals surface area contributed by atoms with Gasteiger partial charge in [-0.05, 0) is 37.9 Å². The molecule has 1 aliphatic rings. The quantitative estimate of drug-likeness (QED) is 0.738. The fourth-order valence-electron chi connectivity index (χ4n) is 2.78. The van der Waals surface area contributed by atoms with Crippen LogP contribution in [-0.4, -0.2) is 52.2 Å². The van der Waals surface area contributed by atoms with Crippen molar-refractivity contribution in [2.45, 2.75) is 38.8 Å². The monoisotopic (exact) mass is 306 g/mol. The highest BCUT2D eigenvalue weighted by Crippen LogP contribution is 2.27. The first kappa shape index (κ1) is 16.3. The molecule has 0 spiro atoms. The van der Waals surface area contributed by atoms with Crippen LogP contribution in [0.3, 0.4) is 0 Å². The number of carbonyl (C=O) groups excluding carboxylic acids is 1. The maximum absolute atomic E-state index is 12.2. The summed E-state index contributed by atoms with van der Waals surface area (Å²) in [5.41, 5.74) is 0.944. The number of carboxylic acid groups (broad SMARTS) is 1. The molecule has 0 radical (unpaired) electrons. The maximum Gasteiger partial charge on any atom is 0.317 e. The number of phenolic OH excluding ortho intramolecular Hbond substituents is 1. The Labute approximate surface area is 129 Å². The van der Waals surface area contributed by atoms with E-state index >= 15 is 0 Å². The number of hydrogen-bond acceptors (Lipinski definition) is 4. The van der Waals surface area contributed by atoms with E-state index in [0.29, 0.717) is 12.1 Å². The molecule has 0 bridgehead atoms. The summed E-state index contributed by atoms with van der Waals surface area (Å²) in [6, 6.07) is 5.30. The van der Waals surface area contributed by atoms with Crippen LogP contribution in [0, 0.1) is 6.92 Å². The Morgan fingerprint density at radius 2 is 2.05 bits per heavy atom. The molecule has 0 atom stereocenters. The SMILES string of the molecule is CCN(CC(=O)O)C1CC(NC(=O)c2cccc(C)c2O)C1. The average molecular weight is 306 g/mol. The largest absolute Gasteiger partial charge is 0.507 e. The maximum atomic E-state index is 12.2. The number of rotatable bonds is 6. The molecule has 1 aromatic carbocycles. The van der Waals surface area contributed by atoms with Gasteiger partial charge in [-0.15, -0.1) is 0 Å². The molecule has 1 aliphatic carbocycles. The molecule has 1 fully saturated rings. The Morgan fingerprint density at radius 1 is 1.36 bits per heavy atom. The van der Waals surface area contributed by atoms with Crippen molar-refractivity contribution in [3.8, 4) is 5.75 Å². The normalized spacial score (nSPS) is 20.5. The number of amides is 1. The number of carbonyl (C=O) groups is 2. The molecular formula is C16H22N2O4. The zero-order chi connectivity index (χ0) is 16.3. The van der Waals surface area contributed by atoms with E-state index in [1.165, 1.54) is 0 Å². The Bertz CT molecular complexity index is 567. The highest BCUT2D eigenvalue weighted by atomic mass is 16.4. The van der Waals surface area contributed by atoms with Crippen LogP contribution in [-0.2, 0) is 4.79 Å². The molecule has 3 N–H and O–H groups in total. The highest BCUT2D eigenvalue weighted by Gasteiger charge is 2.35. The lowest BCUT2D eigenvalue weighted by molar-refractivity contribution is -0.139. The number of aryl methyl sites for hydroxylation is 1. The molecule has 0 unspecified atom stereocenters. The van der Waals surface area contributed by atoms with Crippen LogP contribution >= 0.6 is 0 Å². The number of hydrogen-bond donors (Lipinski definition) is 3. The molecule has 6 nitrogen and oxygen atoms in total. The molecule has 2 rings (SSSR count). The molecule has 1 amide bonds. The van der Waals surface area contributed by atoms with Gasteiger partial charge in [-0.25, -0.2) is 0 Å². The number of carboxylic acids is 1. The van der Waals surface area contributed by atoms with Gasteiger partial charge in [0.25, 0.3) is 5.91 Å². The minimum Gasteiger partial charge on any atom is -0.507 e. The van der Waals surface area contributed by atoms with Crippen LogP contribution in [0.4, 0.5) is 0 Å². The second kappa shape index (κ2) is 6.79. The summed E-state index contributed by atoms with van der Waals surface area (Å²) in [5.74, 6) is -1.11. The fraction of sp³-hybridized carbons (Fsp3) is 0.500. The van der Waals surface area contributed by atoms with Crippen molar-refractivity contribution in [3.05, 3.63) is 29.3 Å². The number of para-hydroxylation sites is 1. The molecule has 1 saturated carbocycles. The number of nitrogens with zero attached hydrogens (tertiary/aromatic N) is 1. The lowest BCUT2D eigenvalue weighted by Crippen LogP contribution is -2.54. The lowest BCUT2D eigenvalue weighted by Gasteiger charge is -2.42. The second-order valence-corrected chi connectivity index (χ2v) is 5.72. The van der Waals surface area contributed by atoms with Crippen molar-refractivity contribution in [3.63, 3.8) is 0 Å². The Kier molecular flexibility index (Phi) is 5.03. The van der Waals surface area contributed by atoms with Gasteiger partial charge >= 0.3 is 5.97 Å². The first-order valence-electron chi connectivity index (χ1n) is 7.47. The summed E-state index contributed by atoms with van der Waals surface area (Å²) in [7, 11) is 0. The van der Waals surface area contributed by atoms with E-state index in [-0.39, 0.29) is 35.8 Å². The van der Waals surface area contributed by atoms with Crippen molar-refractivity contribution >= 4 is 11.9 Å². The molecule has 0 saturated heterocycles. The number of aliphatic carboxylic acids is 1. The van der Waals surface area contributed by atoms with Crippen LogP contribution in [0.25, 0.3) is 0 Å². The molecule has 0 aromatic heterocycles. The third-order valence-electron chi connectivity index (χ3n) is 4.19. The van der Waals surface area contributed by atoms with Crippen LogP contribution in [0.5, 0.6) is 5.75 Å². The van der Waals surface area contributed by atoms with Gasteiger partial charge in [0, 0.05) is 12.1 Å². The zero-order valence-electron chi connectivity index (χ0n) is 12.9. The topological polar surface area (TPSA) is 89.9 Å². The van der Waals surface area contributed by atoms with E-state index in [1.54, 1.807) is 25.1 Å². The van der Waals surface area contributed by atoms with Gasteiger partial charge in [-0.2, -0.15) is 0 Å². The second-order valence-electron chi connectivity index (χ2n) is 5.72. The third kappa shape index (κ3) is 3.57. The number of nitrogens with one attached hydrogen (secondary N) is 1. The number of aromatic hydroxyl groups is 1. The number of benzene rings is 1. The third-order valence-corrected chi connectivity index (χ3v) is 4.19. The van der Waals surface area contributed by atoms with Gasteiger partial charge in [0.1, 0.15) is 5.75 Å². The van der Waals surface area contributed by atoms with Gasteiger partial charge in [-0.3, -0.25) is 14.5 Å². The van der Waals surface area contributed by atoms with Crippen molar-refractivity contribution in [2.24, 2.45) is 0 Å². The van der Waals surface area contributed by atoms with Crippen LogP contribution in [0.2, 0.25) is 0 Å². The summed E-state index contributed by atoms with van der Waals surface area (Å²) in [6.45, 7) is 4.38. The summed E-state index contributed by atoms with van der Waals surface area (Å²) in [6.07, 6.45) is 1.47. The first-order valence-corrected chi connectivity index (χ1v) is 7.47. The number of phenols is 1. The van der Waals surface area contributed by atoms with Crippen molar-refractivity contribution < 1.29 is 19.8 Å². The van der Waals surface area contributed by atoms with Gasteiger partial charge in [0.05, 0.1) is 12.1 Å². The average Bonchev–Trinajstić information content (AvgIpc) is 2.42. The summed E-state index contributed by atoms with van der Waals surface area (Å²) in [4.78, 5) is 24.9. The first-order chi connectivity index (χ1) is 10.4. The van der Waals surface area contributed by atoms with Crippen molar-refractivity contribution in [1.29, 1.82) is 0 Å². The summed E-state index contributed by atoms with van der Waals surface area (Å²) < 4.78 is 0. The summed E-state index contributed by atoms with van der Waals surface area (Å²) >= 11 is 0. The van der Waals surface area contributed by atoms with E-state index in [2.05, 4.69) is 5.32 Å². The van der Waals surface area contributed by atoms with Crippen LogP contribution in [0.15, 0.2) is 18.2 Å². The van der Waals surface area contributed by atoms with E-state index in [4.69, 9.17) is 5.11 Å². The predicted molar refractivity (Wildman–Crippen MR) is 82.0 cm³/mol. The lowest BCUT2D eigenvalue weighted by atomic mass is 9.85. The van der Waals surface area contributed by atoms with Gasteiger partial charge in [0.2, 0.25) is 0 Å². The van der Waals surface area contributed by atoms with Gasteiger partial charge in [-0.1, -0.05) is 19.1 Å². The molecule has 22 heavy (non-hydrogen) atoms. The molecule has 0 aliphatic heterocycles. The van der Waals surface area contributed by atoms with Crippen molar-refractivity contribution in [1.82, 2.24) is 10.2 Å². The van der Waals surface area contributed by atoms with E-state index in [9.17, 15) is 14.7 Å². The molecule has 1 aromatic rings. The van der Waals surface area contributed by atoms with E-state index in [1.807, 2.05) is 11.8 Å². The van der Waals surface area contributed by atoms with Crippen LogP contribution < -0.4 is 5.32 Å². The Balaban J connectivity index is 1.88. The zero-order valence-corrected chi connectivity index (χ0v) is 12.9. The molecular weight excluding hydrogens is 284 g/mol. The van der Waals surface area contributed by atoms with E-state index in [0.717, 1.165) is 12.8 Å². The minimum atomic E-state index is -0.834. The van der Waals surface area contributed by atoms with E-state index < -0.39 is 5.97 Å². The smallest absolute Gasteiger partial charge is 0.317 e. The standard InChI is InChI=1S/C16H22N2O4/c1-3-18(9-14(19)20)12-7-11(8-12)17-16(22)13-6-4-5-10(2)15(13)21/h4-6,11-12,21H,3,7-9H2,1-2H3,(H,17,22)(H,19,20). The molecule has 120 valence electrons. The van der Waals surface area contributed by atoms with Gasteiger partial charge in [0.15, 0.2) is 0 Å². The fourth-order valence-corrected chi connectivity index (χ4v) is 2.78. The molecule has 0 heterocycles. The predicted octanol–water partition coefficient (Wildman–Crippen LogP) is 1.37. The Hall–Kier alpha value is -2.08. The van der Waals surface area contributed by atoms with Gasteiger partial charge < -0.3 is 15.5 Å². The Morgan fingerprint density at radius 3 is 2.64 bits per heavy atom. The highest BCUT2D eigenvalue weighted by molar-refractivity contribution is 5.97. The van der Waals surface area contributed by atoms with Crippen molar-refractivity contribution in [2.75, 3.05) is 13.1 Å². The summed E-state index contributed by atoms with van der Waals surface area (Å²) in [5, 5.41) is 21.7. The number of likely N-dealkylation sites (N-methyl/N-ethyl adjacent to an activating group) is 1. The molecule has 6 heteroatoms. The van der Waals surface area contributed by atoms with Crippen LogP contribution in [0.1, 0.15) is 35.7 Å².